The fraction of sp³-hybridized carbons (Fsp3) is 0.600. The van der Waals surface area contributed by atoms with E-state index in [2.05, 4.69) is 49.0 Å². The molecule has 0 amide bonds. The highest BCUT2D eigenvalue weighted by Gasteiger charge is 2.53. The third kappa shape index (κ3) is 2.71. The first-order valence-electron chi connectivity index (χ1n) is 8.82. The Bertz CT molecular complexity index is 538. The van der Waals surface area contributed by atoms with Gasteiger partial charge >= 0.3 is 0 Å². The molecule has 4 rings (SSSR count). The average Bonchev–Trinajstić information content (AvgIpc) is 3.15. The van der Waals surface area contributed by atoms with Gasteiger partial charge in [-0.2, -0.15) is 11.8 Å². The van der Waals surface area contributed by atoms with Gasteiger partial charge in [-0.15, -0.1) is 0 Å². The number of ether oxygens (including phenoxy) is 1. The van der Waals surface area contributed by atoms with E-state index in [1.165, 1.54) is 43.2 Å². The van der Waals surface area contributed by atoms with Crippen LogP contribution in [0.15, 0.2) is 36.6 Å². The third-order valence-corrected chi connectivity index (χ3v) is 7.85. The molecule has 2 heterocycles. The topological polar surface area (TPSA) is 9.23 Å². The maximum Gasteiger partial charge on any atom is 0.0912 e. The molecule has 0 radical (unpaired) electrons. The van der Waals surface area contributed by atoms with Crippen LogP contribution in [-0.4, -0.2) is 17.1 Å². The predicted molar refractivity (Wildman–Crippen MR) is 94.8 cm³/mol. The van der Waals surface area contributed by atoms with Crippen LogP contribution >= 0.6 is 11.8 Å². The van der Waals surface area contributed by atoms with Crippen molar-refractivity contribution in [3.8, 4) is 0 Å². The maximum atomic E-state index is 5.99. The molecule has 5 unspecified atom stereocenters. The van der Waals surface area contributed by atoms with Gasteiger partial charge in [0.2, 0.25) is 0 Å². The van der Waals surface area contributed by atoms with Crippen molar-refractivity contribution in [2.24, 2.45) is 17.8 Å². The van der Waals surface area contributed by atoms with Crippen molar-refractivity contribution >= 4 is 17.3 Å². The second-order valence-electron chi connectivity index (χ2n) is 7.25. The molecule has 1 nitrogen and oxygen atoms in total. The highest BCUT2D eigenvalue weighted by molar-refractivity contribution is 8.01. The van der Waals surface area contributed by atoms with Crippen LogP contribution in [0.5, 0.6) is 0 Å². The summed E-state index contributed by atoms with van der Waals surface area (Å²) in [7, 11) is 0. The lowest BCUT2D eigenvalue weighted by Crippen LogP contribution is -2.36. The molecule has 1 aromatic carbocycles. The van der Waals surface area contributed by atoms with E-state index in [1.807, 2.05) is 6.26 Å². The van der Waals surface area contributed by atoms with Crippen molar-refractivity contribution in [2.45, 2.75) is 49.5 Å². The lowest BCUT2D eigenvalue weighted by atomic mass is 9.68. The second-order valence-corrected chi connectivity index (χ2v) is 8.67. The summed E-state index contributed by atoms with van der Waals surface area (Å²) < 4.78 is 5.99. The van der Waals surface area contributed by atoms with Gasteiger partial charge in [0.15, 0.2) is 0 Å². The number of hydrogen-bond acceptors (Lipinski definition) is 2. The van der Waals surface area contributed by atoms with Crippen molar-refractivity contribution in [3.63, 3.8) is 0 Å². The summed E-state index contributed by atoms with van der Waals surface area (Å²) >= 11 is 2.30. The molecule has 3 fully saturated rings. The van der Waals surface area contributed by atoms with Crippen molar-refractivity contribution in [3.05, 3.63) is 42.2 Å². The Morgan fingerprint density at radius 2 is 1.95 bits per heavy atom. The zero-order valence-corrected chi connectivity index (χ0v) is 14.2. The smallest absolute Gasteiger partial charge is 0.0912 e. The average molecular weight is 314 g/mol. The van der Waals surface area contributed by atoms with Gasteiger partial charge in [0.1, 0.15) is 0 Å². The van der Waals surface area contributed by atoms with E-state index >= 15 is 0 Å². The summed E-state index contributed by atoms with van der Waals surface area (Å²) in [4.78, 5) is 0. The molecule has 3 aliphatic rings. The number of fused-ring (bicyclic) bond motifs is 5. The van der Waals surface area contributed by atoms with Crippen LogP contribution in [0.4, 0.5) is 0 Å². The second kappa shape index (κ2) is 6.31. The highest BCUT2D eigenvalue weighted by atomic mass is 32.2. The third-order valence-electron chi connectivity index (χ3n) is 5.91. The van der Waals surface area contributed by atoms with Gasteiger partial charge in [0.05, 0.1) is 12.9 Å². The van der Waals surface area contributed by atoms with E-state index in [-0.39, 0.29) is 0 Å². The number of thioether (sulfide) groups is 1. The fourth-order valence-corrected chi connectivity index (χ4v) is 7.07. The van der Waals surface area contributed by atoms with Gasteiger partial charge in [0, 0.05) is 16.4 Å². The molecule has 22 heavy (non-hydrogen) atoms. The molecule has 5 atom stereocenters. The quantitative estimate of drug-likeness (QED) is 0.691. The highest BCUT2D eigenvalue weighted by Crippen LogP contribution is 2.59. The number of hydrogen-bond donors (Lipinski definition) is 0. The summed E-state index contributed by atoms with van der Waals surface area (Å²) in [5.74, 6) is 2.83. The molecule has 0 aromatic heterocycles. The lowest BCUT2D eigenvalue weighted by Gasteiger charge is -2.37. The zero-order valence-electron chi connectivity index (χ0n) is 13.4. The lowest BCUT2D eigenvalue weighted by molar-refractivity contribution is 0.116. The van der Waals surface area contributed by atoms with Crippen molar-refractivity contribution in [1.29, 1.82) is 0 Å². The van der Waals surface area contributed by atoms with E-state index in [9.17, 15) is 0 Å². The van der Waals surface area contributed by atoms with Crippen LogP contribution in [0.3, 0.4) is 0 Å². The first-order valence-corrected chi connectivity index (χ1v) is 9.76. The van der Waals surface area contributed by atoms with E-state index in [0.717, 1.165) is 34.9 Å². The largest absolute Gasteiger partial charge is 0.501 e. The normalized spacial score (nSPS) is 37.1. The first-order chi connectivity index (χ1) is 10.8. The van der Waals surface area contributed by atoms with Gasteiger partial charge in [-0.25, -0.2) is 0 Å². The molecule has 2 bridgehead atoms. The minimum atomic E-state index is 0.786. The SMILES string of the molecule is C/C(=C/OCC1CC2SC1C1CCCCC21)c1ccccc1. The fourth-order valence-electron chi connectivity index (χ4n) is 4.81. The molecule has 0 N–H and O–H groups in total. The van der Waals surface area contributed by atoms with Crippen LogP contribution in [0.1, 0.15) is 44.6 Å². The van der Waals surface area contributed by atoms with Gasteiger partial charge < -0.3 is 4.74 Å². The van der Waals surface area contributed by atoms with Gasteiger partial charge in [-0.05, 0) is 49.2 Å². The molecule has 1 saturated carbocycles. The molecule has 2 saturated heterocycles. The van der Waals surface area contributed by atoms with E-state index in [4.69, 9.17) is 4.74 Å². The van der Waals surface area contributed by atoms with Gasteiger partial charge in [0.25, 0.3) is 0 Å². The van der Waals surface area contributed by atoms with Crippen LogP contribution in [-0.2, 0) is 4.74 Å². The maximum absolute atomic E-state index is 5.99. The van der Waals surface area contributed by atoms with Crippen molar-refractivity contribution in [2.75, 3.05) is 6.61 Å². The number of benzene rings is 1. The number of rotatable bonds is 4. The summed E-state index contributed by atoms with van der Waals surface area (Å²) in [6, 6.07) is 10.5. The van der Waals surface area contributed by atoms with E-state index < -0.39 is 0 Å². The van der Waals surface area contributed by atoms with E-state index in [0.29, 0.717) is 0 Å². The first kappa shape index (κ1) is 14.7. The van der Waals surface area contributed by atoms with Crippen LogP contribution in [0.2, 0.25) is 0 Å². The zero-order chi connectivity index (χ0) is 14.9. The molecular weight excluding hydrogens is 288 g/mol. The Balaban J connectivity index is 1.34. The molecule has 1 aliphatic carbocycles. The van der Waals surface area contributed by atoms with Crippen LogP contribution in [0, 0.1) is 17.8 Å². The molecule has 2 heteroatoms. The molecule has 2 aliphatic heterocycles. The molecular formula is C20H26OS. The summed E-state index contributed by atoms with van der Waals surface area (Å²) in [6.07, 6.45) is 9.30. The Hall–Kier alpha value is -0.890. The Morgan fingerprint density at radius 1 is 1.18 bits per heavy atom. The summed E-state index contributed by atoms with van der Waals surface area (Å²) in [5, 5.41) is 1.84. The Kier molecular flexibility index (Phi) is 4.21. The van der Waals surface area contributed by atoms with Crippen molar-refractivity contribution in [1.82, 2.24) is 0 Å². The van der Waals surface area contributed by atoms with Gasteiger partial charge in [-0.1, -0.05) is 43.2 Å². The van der Waals surface area contributed by atoms with Crippen LogP contribution in [0.25, 0.3) is 5.57 Å². The van der Waals surface area contributed by atoms with Crippen molar-refractivity contribution < 1.29 is 4.74 Å². The van der Waals surface area contributed by atoms with Gasteiger partial charge in [-0.3, -0.25) is 0 Å². The van der Waals surface area contributed by atoms with E-state index in [1.54, 1.807) is 0 Å². The molecule has 1 aromatic rings. The number of allylic oxidation sites excluding steroid dienone is 1. The summed E-state index contributed by atoms with van der Waals surface area (Å²) in [5.41, 5.74) is 2.49. The minimum absolute atomic E-state index is 0.786. The predicted octanol–water partition coefficient (Wildman–Crippen LogP) is 5.37. The summed E-state index contributed by atoms with van der Waals surface area (Å²) in [6.45, 7) is 3.06. The monoisotopic (exact) mass is 314 g/mol. The minimum Gasteiger partial charge on any atom is -0.501 e. The standard InChI is InChI=1S/C20H26OS/c1-14(15-7-3-2-4-8-15)12-21-13-16-11-19-17-9-5-6-10-18(17)20(16)22-19/h2-4,7-8,12,16-20H,5-6,9-11,13H2,1H3/b14-12-. The molecule has 0 spiro atoms. The molecule has 118 valence electrons. The Morgan fingerprint density at radius 3 is 2.77 bits per heavy atom. The Labute approximate surface area is 138 Å². The van der Waals surface area contributed by atoms with Crippen LogP contribution < -0.4 is 0 Å².